The fourth-order valence-electron chi connectivity index (χ4n) is 2.80. The van der Waals surface area contributed by atoms with Gasteiger partial charge in [0.25, 0.3) is 5.91 Å². The molecular weight excluding hydrogens is 501 g/mol. The Morgan fingerprint density at radius 3 is 2.25 bits per heavy atom. The van der Waals surface area contributed by atoms with Gasteiger partial charge in [-0.1, -0.05) is 29.5 Å². The van der Waals surface area contributed by atoms with Crippen LogP contribution < -0.4 is 24.3 Å². The minimum Gasteiger partial charge on any atom is -0.493 e. The highest BCUT2D eigenvalue weighted by Gasteiger charge is 2.35. The highest BCUT2D eigenvalue weighted by Crippen LogP contribution is 2.33. The first-order valence-corrected chi connectivity index (χ1v) is 11.0. The Labute approximate surface area is 207 Å². The molecule has 36 heavy (non-hydrogen) atoms. The molecule has 0 atom stereocenters. The number of hydrogen-bond acceptors (Lipinski definition) is 9. The number of carbonyl (C=O) groups is 1. The van der Waals surface area contributed by atoms with Crippen molar-refractivity contribution in [2.24, 2.45) is 0 Å². The van der Waals surface area contributed by atoms with Crippen LogP contribution in [-0.4, -0.2) is 43.5 Å². The van der Waals surface area contributed by atoms with Crippen LogP contribution in [0.3, 0.4) is 0 Å². The molecule has 0 saturated heterocycles. The van der Waals surface area contributed by atoms with Gasteiger partial charge in [-0.25, -0.2) is 0 Å². The third-order valence-electron chi connectivity index (χ3n) is 4.42. The number of anilines is 1. The molecule has 3 rings (SSSR count). The molecule has 0 saturated carbocycles. The van der Waals surface area contributed by atoms with Crippen molar-refractivity contribution < 1.29 is 36.9 Å². The maximum absolute atomic E-state index is 12.7. The Hall–Kier alpha value is -4.31. The van der Waals surface area contributed by atoms with E-state index >= 15 is 0 Å². The van der Waals surface area contributed by atoms with Crippen molar-refractivity contribution in [3.63, 3.8) is 0 Å². The smallest absolute Gasteiger partial charge is 0.445 e. The number of halogens is 3. The van der Waals surface area contributed by atoms with E-state index in [1.807, 2.05) is 12.1 Å². The summed E-state index contributed by atoms with van der Waals surface area (Å²) in [7, 11) is 2.97. The Morgan fingerprint density at radius 1 is 1.03 bits per heavy atom. The molecule has 188 valence electrons. The lowest BCUT2D eigenvalue weighted by Crippen LogP contribution is -2.13. The summed E-state index contributed by atoms with van der Waals surface area (Å²) in [5, 5.41) is 16.2. The molecule has 0 radical (unpaired) electrons. The molecule has 13 heteroatoms. The van der Waals surface area contributed by atoms with E-state index in [2.05, 4.69) is 15.5 Å². The largest absolute Gasteiger partial charge is 0.493 e. The number of benzene rings is 2. The molecule has 9 nitrogen and oxygen atoms in total. The number of nitrogens with zero attached hydrogens (tertiary/aromatic N) is 3. The van der Waals surface area contributed by atoms with Crippen LogP contribution >= 0.6 is 11.3 Å². The van der Waals surface area contributed by atoms with Crippen molar-refractivity contribution in [2.75, 3.05) is 32.8 Å². The van der Waals surface area contributed by atoms with Crippen LogP contribution in [0.5, 0.6) is 23.0 Å². The average Bonchev–Trinajstić information content (AvgIpc) is 3.34. The molecule has 0 unspecified atom stereocenters. The number of hydrogen-bond donors (Lipinski definition) is 1. The summed E-state index contributed by atoms with van der Waals surface area (Å²) < 4.78 is 59.9. The first-order chi connectivity index (χ1) is 17.2. The zero-order valence-corrected chi connectivity index (χ0v) is 19.8. The number of rotatable bonds is 10. The predicted octanol–water partition coefficient (Wildman–Crippen LogP) is 4.58. The Bertz CT molecular complexity index is 1290. The van der Waals surface area contributed by atoms with Crippen LogP contribution in [0.25, 0.3) is 6.08 Å². The lowest BCUT2D eigenvalue weighted by Gasteiger charge is -2.13. The quantitative estimate of drug-likeness (QED) is 0.235. The van der Waals surface area contributed by atoms with Gasteiger partial charge >= 0.3 is 6.18 Å². The number of ether oxygens (including phenoxy) is 4. The van der Waals surface area contributed by atoms with Crippen molar-refractivity contribution in [3.8, 4) is 29.1 Å². The summed E-state index contributed by atoms with van der Waals surface area (Å²) in [6.07, 6.45) is -3.44. The average molecular weight is 520 g/mol. The predicted molar refractivity (Wildman–Crippen MR) is 124 cm³/mol. The summed E-state index contributed by atoms with van der Waals surface area (Å²) in [5.41, 5.74) is 0.0594. The Balaban J connectivity index is 1.64. The molecule has 2 aromatic carbocycles. The minimum absolute atomic E-state index is 0.151. The molecule has 1 aromatic heterocycles. The molecule has 0 spiro atoms. The van der Waals surface area contributed by atoms with Gasteiger partial charge in [0.1, 0.15) is 24.9 Å². The molecule has 3 aromatic rings. The van der Waals surface area contributed by atoms with Gasteiger partial charge in [0.05, 0.1) is 14.2 Å². The monoisotopic (exact) mass is 520 g/mol. The van der Waals surface area contributed by atoms with Crippen LogP contribution in [-0.2, 0) is 11.0 Å². The molecule has 0 aliphatic carbocycles. The third-order valence-corrected chi connectivity index (χ3v) is 5.30. The van der Waals surface area contributed by atoms with E-state index in [0.717, 1.165) is 0 Å². The summed E-state index contributed by atoms with van der Waals surface area (Å²) in [5.74, 6) is 0.958. The van der Waals surface area contributed by atoms with Crippen molar-refractivity contribution in [1.82, 2.24) is 10.2 Å². The van der Waals surface area contributed by atoms with Gasteiger partial charge in [0.2, 0.25) is 10.1 Å². The third kappa shape index (κ3) is 6.86. The molecular formula is C23H19F3N4O5S. The van der Waals surface area contributed by atoms with Gasteiger partial charge in [-0.15, -0.1) is 10.2 Å². The molecule has 0 bridgehead atoms. The number of nitriles is 1. The number of amides is 1. The maximum atomic E-state index is 12.7. The summed E-state index contributed by atoms with van der Waals surface area (Å²) >= 11 is 0.151. The minimum atomic E-state index is -4.69. The summed E-state index contributed by atoms with van der Waals surface area (Å²) in [6, 6.07) is 13.6. The second-order valence-electron chi connectivity index (χ2n) is 6.79. The first kappa shape index (κ1) is 26.3. The second kappa shape index (κ2) is 11.9. The number of nitrogens with one attached hydrogen (secondary N) is 1. The topological polar surface area (TPSA) is 116 Å². The van der Waals surface area contributed by atoms with Crippen LogP contribution in [0, 0.1) is 11.3 Å². The van der Waals surface area contributed by atoms with E-state index in [9.17, 15) is 23.2 Å². The van der Waals surface area contributed by atoms with Crippen LogP contribution in [0.1, 0.15) is 10.6 Å². The number of carbonyl (C=O) groups excluding carboxylic acids is 1. The highest BCUT2D eigenvalue weighted by molar-refractivity contribution is 7.15. The van der Waals surface area contributed by atoms with Crippen molar-refractivity contribution in [3.05, 3.63) is 58.6 Å². The number of alkyl halides is 3. The van der Waals surface area contributed by atoms with E-state index < -0.39 is 17.1 Å². The van der Waals surface area contributed by atoms with Gasteiger partial charge in [-0.3, -0.25) is 10.1 Å². The Morgan fingerprint density at radius 2 is 1.67 bits per heavy atom. The summed E-state index contributed by atoms with van der Waals surface area (Å²) in [6.45, 7) is 0.419. The second-order valence-corrected chi connectivity index (χ2v) is 7.77. The summed E-state index contributed by atoms with van der Waals surface area (Å²) in [4.78, 5) is 12.3. The SMILES string of the molecule is COc1ccccc1OCCOc1ccc(C=C(C#N)C(=O)Nc2nnc(C(F)(F)F)s2)cc1OC. The van der Waals surface area contributed by atoms with Crippen molar-refractivity contribution >= 4 is 28.5 Å². The Kier molecular flexibility index (Phi) is 8.69. The van der Waals surface area contributed by atoms with E-state index in [4.69, 9.17) is 18.9 Å². The van der Waals surface area contributed by atoms with Gasteiger partial charge in [0.15, 0.2) is 23.0 Å². The lowest BCUT2D eigenvalue weighted by atomic mass is 10.1. The molecule has 0 aliphatic rings. The zero-order chi connectivity index (χ0) is 26.1. The van der Waals surface area contributed by atoms with Crippen molar-refractivity contribution in [2.45, 2.75) is 6.18 Å². The number of para-hydroxylation sites is 2. The van der Waals surface area contributed by atoms with Gasteiger partial charge in [-0.05, 0) is 35.9 Å². The number of methoxy groups -OCH3 is 2. The van der Waals surface area contributed by atoms with Gasteiger partial charge in [0, 0.05) is 0 Å². The normalized spacial score (nSPS) is 11.4. The maximum Gasteiger partial charge on any atom is 0.445 e. The fraction of sp³-hybridized carbons (Fsp3) is 0.217. The first-order valence-electron chi connectivity index (χ1n) is 10.2. The molecule has 0 aliphatic heterocycles. The van der Waals surface area contributed by atoms with E-state index in [-0.39, 0.29) is 35.3 Å². The number of aromatic nitrogens is 2. The van der Waals surface area contributed by atoms with Crippen LogP contribution in [0.4, 0.5) is 18.3 Å². The molecule has 1 amide bonds. The van der Waals surface area contributed by atoms with Crippen LogP contribution in [0.15, 0.2) is 48.0 Å². The highest BCUT2D eigenvalue weighted by atomic mass is 32.1. The van der Waals surface area contributed by atoms with E-state index in [1.54, 1.807) is 37.4 Å². The van der Waals surface area contributed by atoms with E-state index in [1.165, 1.54) is 19.3 Å². The fourth-order valence-corrected chi connectivity index (χ4v) is 3.41. The van der Waals surface area contributed by atoms with Crippen molar-refractivity contribution in [1.29, 1.82) is 5.26 Å². The molecule has 1 N–H and O–H groups in total. The van der Waals surface area contributed by atoms with Crippen LogP contribution in [0.2, 0.25) is 0 Å². The van der Waals surface area contributed by atoms with Gasteiger partial charge in [-0.2, -0.15) is 18.4 Å². The van der Waals surface area contributed by atoms with Gasteiger partial charge < -0.3 is 18.9 Å². The zero-order valence-electron chi connectivity index (χ0n) is 19.0. The molecule has 0 fully saturated rings. The standard InChI is InChI=1S/C23H19F3N4O5S/c1-32-16-5-3-4-6-17(16)34-9-10-35-18-8-7-14(12-19(18)33-2)11-15(13-27)20(31)28-22-30-29-21(36-22)23(24,25)26/h3-8,11-12H,9-10H2,1-2H3,(H,28,30,31). The molecule has 1 heterocycles. The van der Waals surface area contributed by atoms with E-state index in [0.29, 0.717) is 28.6 Å². The lowest BCUT2D eigenvalue weighted by molar-refractivity contribution is -0.138.